The van der Waals surface area contributed by atoms with E-state index in [0.29, 0.717) is 12.5 Å². The first kappa shape index (κ1) is 15.6. The van der Waals surface area contributed by atoms with Crippen molar-refractivity contribution in [3.63, 3.8) is 0 Å². The number of hydrogen-bond acceptors (Lipinski definition) is 1. The third-order valence-corrected chi connectivity index (χ3v) is 4.54. The van der Waals surface area contributed by atoms with Gasteiger partial charge in [0.05, 0.1) is 0 Å². The highest BCUT2D eigenvalue weighted by Gasteiger charge is 2.15. The molecule has 0 atom stereocenters. The lowest BCUT2D eigenvalue weighted by Crippen LogP contribution is -2.28. The Bertz CT molecular complexity index is 616. The fourth-order valence-electron chi connectivity index (χ4n) is 3.23. The molecule has 120 valence electrons. The molecule has 2 aromatic carbocycles. The fourth-order valence-corrected chi connectivity index (χ4v) is 3.23. The molecule has 1 saturated carbocycles. The molecule has 2 amide bonds. The van der Waals surface area contributed by atoms with Gasteiger partial charge in [0.2, 0.25) is 0 Å². The lowest BCUT2D eigenvalue weighted by Gasteiger charge is -2.22. The van der Waals surface area contributed by atoms with Crippen molar-refractivity contribution in [3.8, 4) is 0 Å². The first-order chi connectivity index (χ1) is 11.3. The number of amides is 2. The number of anilines is 1. The molecule has 23 heavy (non-hydrogen) atoms. The highest BCUT2D eigenvalue weighted by Crippen LogP contribution is 2.32. The van der Waals surface area contributed by atoms with E-state index in [1.165, 1.54) is 37.7 Å². The molecular formula is C20H24N2O. The predicted octanol–water partition coefficient (Wildman–Crippen LogP) is 5.06. The second-order valence-electron chi connectivity index (χ2n) is 6.25. The number of urea groups is 1. The minimum absolute atomic E-state index is 0.167. The van der Waals surface area contributed by atoms with E-state index in [0.717, 1.165) is 11.3 Å². The van der Waals surface area contributed by atoms with Crippen LogP contribution in [-0.4, -0.2) is 6.03 Å². The molecular weight excluding hydrogens is 284 g/mol. The largest absolute Gasteiger partial charge is 0.334 e. The molecule has 0 unspecified atom stereocenters. The molecule has 3 heteroatoms. The van der Waals surface area contributed by atoms with Gasteiger partial charge in [0.25, 0.3) is 0 Å². The van der Waals surface area contributed by atoms with Gasteiger partial charge in [0.1, 0.15) is 0 Å². The summed E-state index contributed by atoms with van der Waals surface area (Å²) < 4.78 is 0. The summed E-state index contributed by atoms with van der Waals surface area (Å²) in [6, 6.07) is 18.1. The maximum Gasteiger partial charge on any atom is 0.319 e. The summed E-state index contributed by atoms with van der Waals surface area (Å²) in [4.78, 5) is 12.0. The Morgan fingerprint density at radius 3 is 2.30 bits per heavy atom. The molecule has 2 N–H and O–H groups in total. The van der Waals surface area contributed by atoms with Crippen LogP contribution in [0.5, 0.6) is 0 Å². The summed E-state index contributed by atoms with van der Waals surface area (Å²) in [5.41, 5.74) is 3.34. The van der Waals surface area contributed by atoms with E-state index in [2.05, 4.69) is 22.8 Å². The molecule has 0 bridgehead atoms. The van der Waals surface area contributed by atoms with Crippen LogP contribution in [0.15, 0.2) is 54.6 Å². The minimum atomic E-state index is -0.167. The SMILES string of the molecule is O=C(NCc1ccccc1)Nc1ccc(C2CCCCC2)cc1. The summed E-state index contributed by atoms with van der Waals surface area (Å²) >= 11 is 0. The Balaban J connectivity index is 1.50. The van der Waals surface area contributed by atoms with Crippen LogP contribution >= 0.6 is 0 Å². The maximum atomic E-state index is 12.0. The van der Waals surface area contributed by atoms with E-state index in [-0.39, 0.29) is 6.03 Å². The molecule has 0 spiro atoms. The van der Waals surface area contributed by atoms with Gasteiger partial charge in [-0.15, -0.1) is 0 Å². The van der Waals surface area contributed by atoms with Crippen molar-refractivity contribution in [2.45, 2.75) is 44.6 Å². The first-order valence-corrected chi connectivity index (χ1v) is 8.50. The fraction of sp³-hybridized carbons (Fsp3) is 0.350. The summed E-state index contributed by atoms with van der Waals surface area (Å²) in [6.45, 7) is 0.535. The predicted molar refractivity (Wildman–Crippen MR) is 94.6 cm³/mol. The van der Waals surface area contributed by atoms with E-state index in [1.54, 1.807) is 0 Å². The minimum Gasteiger partial charge on any atom is -0.334 e. The lowest BCUT2D eigenvalue weighted by molar-refractivity contribution is 0.251. The molecule has 0 heterocycles. The third-order valence-electron chi connectivity index (χ3n) is 4.54. The third kappa shape index (κ3) is 4.59. The molecule has 3 nitrogen and oxygen atoms in total. The summed E-state index contributed by atoms with van der Waals surface area (Å²) in [5, 5.41) is 5.77. The molecule has 3 rings (SSSR count). The van der Waals surface area contributed by atoms with Gasteiger partial charge >= 0.3 is 6.03 Å². The molecule has 2 aromatic rings. The van der Waals surface area contributed by atoms with Crippen LogP contribution in [0, 0.1) is 0 Å². The molecule has 0 aliphatic heterocycles. The van der Waals surface area contributed by atoms with Crippen molar-refractivity contribution in [1.82, 2.24) is 5.32 Å². The maximum absolute atomic E-state index is 12.0. The number of carbonyl (C=O) groups excluding carboxylic acids is 1. The van der Waals surface area contributed by atoms with Gasteiger partial charge in [-0.25, -0.2) is 4.79 Å². The Hall–Kier alpha value is -2.29. The van der Waals surface area contributed by atoms with Gasteiger partial charge in [-0.05, 0) is 42.0 Å². The molecule has 0 saturated heterocycles. The molecule has 1 aliphatic rings. The zero-order valence-electron chi connectivity index (χ0n) is 13.4. The second-order valence-corrected chi connectivity index (χ2v) is 6.25. The van der Waals surface area contributed by atoms with Gasteiger partial charge in [0, 0.05) is 12.2 Å². The van der Waals surface area contributed by atoms with E-state index < -0.39 is 0 Å². The standard InChI is InChI=1S/C20H24N2O/c23-20(21-15-16-7-3-1-4-8-16)22-19-13-11-18(12-14-19)17-9-5-2-6-10-17/h1,3-4,7-8,11-14,17H,2,5-6,9-10,15H2,(H2,21,22,23). The van der Waals surface area contributed by atoms with E-state index in [4.69, 9.17) is 0 Å². The topological polar surface area (TPSA) is 41.1 Å². The highest BCUT2D eigenvalue weighted by molar-refractivity contribution is 5.89. The summed E-state index contributed by atoms with van der Waals surface area (Å²) in [5.74, 6) is 0.699. The Morgan fingerprint density at radius 2 is 1.61 bits per heavy atom. The Kier molecular flexibility index (Phi) is 5.30. The number of rotatable bonds is 4. The molecule has 0 radical (unpaired) electrons. The van der Waals surface area contributed by atoms with Crippen LogP contribution in [-0.2, 0) is 6.54 Å². The van der Waals surface area contributed by atoms with E-state index >= 15 is 0 Å². The monoisotopic (exact) mass is 308 g/mol. The van der Waals surface area contributed by atoms with Crippen LogP contribution < -0.4 is 10.6 Å². The van der Waals surface area contributed by atoms with Crippen molar-refractivity contribution in [2.75, 3.05) is 5.32 Å². The van der Waals surface area contributed by atoms with Crippen LogP contribution in [0.4, 0.5) is 10.5 Å². The summed E-state index contributed by atoms with van der Waals surface area (Å²) in [7, 11) is 0. The number of hydrogen-bond donors (Lipinski definition) is 2. The van der Waals surface area contributed by atoms with E-state index in [9.17, 15) is 4.79 Å². The zero-order valence-corrected chi connectivity index (χ0v) is 13.4. The smallest absolute Gasteiger partial charge is 0.319 e. The second kappa shape index (κ2) is 7.82. The normalized spacial score (nSPS) is 15.1. The highest BCUT2D eigenvalue weighted by atomic mass is 16.2. The average molecular weight is 308 g/mol. The van der Waals surface area contributed by atoms with Crippen molar-refractivity contribution < 1.29 is 4.79 Å². The van der Waals surface area contributed by atoms with Crippen molar-refractivity contribution >= 4 is 11.7 Å². The Labute approximate surface area is 138 Å². The van der Waals surface area contributed by atoms with Crippen LogP contribution in [0.25, 0.3) is 0 Å². The average Bonchev–Trinajstić information content (AvgIpc) is 2.62. The van der Waals surface area contributed by atoms with Gasteiger partial charge in [-0.2, -0.15) is 0 Å². The van der Waals surface area contributed by atoms with Crippen molar-refractivity contribution in [3.05, 3.63) is 65.7 Å². The number of nitrogens with one attached hydrogen (secondary N) is 2. The molecule has 0 aromatic heterocycles. The first-order valence-electron chi connectivity index (χ1n) is 8.50. The number of carbonyl (C=O) groups is 1. The Morgan fingerprint density at radius 1 is 0.913 bits per heavy atom. The van der Waals surface area contributed by atoms with Crippen molar-refractivity contribution in [2.24, 2.45) is 0 Å². The van der Waals surface area contributed by atoms with Crippen LogP contribution in [0.2, 0.25) is 0 Å². The quantitative estimate of drug-likeness (QED) is 0.814. The number of benzene rings is 2. The van der Waals surface area contributed by atoms with Gasteiger partial charge in [-0.3, -0.25) is 0 Å². The van der Waals surface area contributed by atoms with Crippen LogP contribution in [0.3, 0.4) is 0 Å². The zero-order chi connectivity index (χ0) is 15.9. The van der Waals surface area contributed by atoms with Gasteiger partial charge < -0.3 is 10.6 Å². The lowest BCUT2D eigenvalue weighted by atomic mass is 9.84. The van der Waals surface area contributed by atoms with Gasteiger partial charge in [0.15, 0.2) is 0 Å². The molecule has 1 fully saturated rings. The van der Waals surface area contributed by atoms with Crippen LogP contribution in [0.1, 0.15) is 49.1 Å². The van der Waals surface area contributed by atoms with Gasteiger partial charge in [-0.1, -0.05) is 61.7 Å². The van der Waals surface area contributed by atoms with E-state index in [1.807, 2.05) is 42.5 Å². The van der Waals surface area contributed by atoms with Crippen molar-refractivity contribution in [1.29, 1.82) is 0 Å². The summed E-state index contributed by atoms with van der Waals surface area (Å²) in [6.07, 6.45) is 6.64. The molecule has 1 aliphatic carbocycles.